The zero-order chi connectivity index (χ0) is 30.2. The molecule has 0 amide bonds. The van der Waals surface area contributed by atoms with E-state index >= 15 is 0 Å². The molecule has 41 heavy (non-hydrogen) atoms. The number of nitrogens with two attached hydrogens (primary N) is 2. The second kappa shape index (κ2) is 14.7. The first-order chi connectivity index (χ1) is 19.3. The number of ether oxygens (including phenoxy) is 2. The summed E-state index contributed by atoms with van der Waals surface area (Å²) in [6.45, 7) is 13.5. The van der Waals surface area contributed by atoms with Crippen molar-refractivity contribution in [1.82, 2.24) is 4.98 Å². The SMILES string of the molecule is Cc1ccc(-c2cc3cnc(OCCCCCCCCOC(=S)C(C)(C)C(N)CC(C)(C)N)cc3oc2=S)c(C)c1. The first-order valence-electron chi connectivity index (χ1n) is 14.6. The van der Waals surface area contributed by atoms with Gasteiger partial charge in [-0.15, -0.1) is 0 Å². The number of pyridine rings is 1. The van der Waals surface area contributed by atoms with Crippen molar-refractivity contribution in [3.8, 4) is 17.0 Å². The Balaban J connectivity index is 1.34. The quantitative estimate of drug-likeness (QED) is 0.133. The highest BCUT2D eigenvalue weighted by atomic mass is 32.1. The summed E-state index contributed by atoms with van der Waals surface area (Å²) in [5, 5.41) is 1.48. The van der Waals surface area contributed by atoms with Crippen LogP contribution in [0.25, 0.3) is 22.1 Å². The van der Waals surface area contributed by atoms with E-state index < -0.39 is 5.41 Å². The zero-order valence-electron chi connectivity index (χ0n) is 25.5. The van der Waals surface area contributed by atoms with Gasteiger partial charge < -0.3 is 25.4 Å². The molecule has 1 unspecified atom stereocenters. The third-order valence-corrected chi connectivity index (χ3v) is 8.43. The van der Waals surface area contributed by atoms with Gasteiger partial charge in [0.05, 0.1) is 13.2 Å². The number of aryl methyl sites for hydroxylation is 2. The van der Waals surface area contributed by atoms with E-state index in [1.165, 1.54) is 11.1 Å². The summed E-state index contributed by atoms with van der Waals surface area (Å²) in [7, 11) is 0. The van der Waals surface area contributed by atoms with Crippen molar-refractivity contribution < 1.29 is 13.9 Å². The number of thiocarbonyl (C=S) groups is 1. The average Bonchev–Trinajstić information content (AvgIpc) is 2.88. The first-order valence-corrected chi connectivity index (χ1v) is 15.5. The summed E-state index contributed by atoms with van der Waals surface area (Å²) in [5.74, 6) is 0.556. The van der Waals surface area contributed by atoms with Gasteiger partial charge in [-0.25, -0.2) is 4.98 Å². The van der Waals surface area contributed by atoms with Gasteiger partial charge in [-0.1, -0.05) is 63.3 Å². The summed E-state index contributed by atoms with van der Waals surface area (Å²) < 4.78 is 18.2. The summed E-state index contributed by atoms with van der Waals surface area (Å²) in [6, 6.07) is 10.1. The van der Waals surface area contributed by atoms with Gasteiger partial charge in [-0.3, -0.25) is 0 Å². The lowest BCUT2D eigenvalue weighted by Gasteiger charge is -2.35. The molecule has 3 aromatic rings. The minimum Gasteiger partial charge on any atom is -0.486 e. The molecule has 4 N–H and O–H groups in total. The minimum atomic E-state index is -0.392. The Morgan fingerprint density at radius 3 is 2.27 bits per heavy atom. The predicted molar refractivity (Wildman–Crippen MR) is 176 cm³/mol. The van der Waals surface area contributed by atoms with Crippen molar-refractivity contribution in [1.29, 1.82) is 0 Å². The lowest BCUT2D eigenvalue weighted by atomic mass is 9.79. The molecule has 0 bridgehead atoms. The Kier molecular flexibility index (Phi) is 11.9. The number of fused-ring (bicyclic) bond motifs is 1. The molecular weight excluding hydrogens is 551 g/mol. The van der Waals surface area contributed by atoms with Gasteiger partial charge in [-0.05, 0) is 88.6 Å². The number of hydrogen-bond acceptors (Lipinski definition) is 8. The Morgan fingerprint density at radius 1 is 0.951 bits per heavy atom. The van der Waals surface area contributed by atoms with Gasteiger partial charge in [0.2, 0.25) is 5.88 Å². The molecule has 0 aliphatic rings. The van der Waals surface area contributed by atoms with E-state index in [2.05, 4.69) is 37.0 Å². The first kappa shape index (κ1) is 33.1. The molecule has 0 saturated carbocycles. The van der Waals surface area contributed by atoms with Gasteiger partial charge in [0.25, 0.3) is 0 Å². The van der Waals surface area contributed by atoms with Crippen LogP contribution >= 0.6 is 24.4 Å². The van der Waals surface area contributed by atoms with Crippen LogP contribution in [0, 0.1) is 24.0 Å². The number of benzene rings is 1. The normalized spacial score (nSPS) is 12.9. The fraction of sp³-hybridized carbons (Fsp3) is 0.545. The largest absolute Gasteiger partial charge is 0.486 e. The molecule has 0 aliphatic heterocycles. The third kappa shape index (κ3) is 9.84. The fourth-order valence-corrected chi connectivity index (χ4v) is 5.28. The highest BCUT2D eigenvalue weighted by Gasteiger charge is 2.35. The molecule has 224 valence electrons. The monoisotopic (exact) mass is 597 g/mol. The van der Waals surface area contributed by atoms with E-state index in [9.17, 15) is 0 Å². The van der Waals surface area contributed by atoms with E-state index in [4.69, 9.17) is 49.8 Å². The van der Waals surface area contributed by atoms with Crippen LogP contribution < -0.4 is 16.2 Å². The molecule has 1 atom stereocenters. The highest BCUT2D eigenvalue weighted by molar-refractivity contribution is 7.80. The Morgan fingerprint density at radius 2 is 1.61 bits per heavy atom. The fourth-order valence-electron chi connectivity index (χ4n) is 4.79. The van der Waals surface area contributed by atoms with E-state index in [1.54, 1.807) is 6.20 Å². The van der Waals surface area contributed by atoms with Crippen molar-refractivity contribution in [2.45, 2.75) is 98.1 Å². The van der Waals surface area contributed by atoms with Crippen LogP contribution in [0.5, 0.6) is 5.88 Å². The number of unbranched alkanes of at least 4 members (excludes halogenated alkanes) is 5. The second-order valence-corrected chi connectivity index (χ2v) is 13.2. The lowest BCUT2D eigenvalue weighted by Crippen LogP contribution is -2.49. The van der Waals surface area contributed by atoms with Crippen LogP contribution in [-0.4, -0.2) is 34.8 Å². The molecule has 2 aromatic heterocycles. The van der Waals surface area contributed by atoms with Crippen LogP contribution in [0.4, 0.5) is 0 Å². The Bertz CT molecular complexity index is 1380. The molecule has 6 nitrogen and oxygen atoms in total. The Labute approximate surface area is 256 Å². The van der Waals surface area contributed by atoms with Gasteiger partial charge >= 0.3 is 0 Å². The average molecular weight is 598 g/mol. The summed E-state index contributed by atoms with van der Waals surface area (Å²) in [5.41, 5.74) is 16.9. The van der Waals surface area contributed by atoms with E-state index in [1.807, 2.05) is 39.8 Å². The molecule has 0 saturated heterocycles. The van der Waals surface area contributed by atoms with Gasteiger partial charge in [0.15, 0.2) is 9.76 Å². The molecular formula is C33H47N3O3S2. The molecule has 0 spiro atoms. The number of hydrogen-bond donors (Lipinski definition) is 2. The van der Waals surface area contributed by atoms with Crippen molar-refractivity contribution in [3.63, 3.8) is 0 Å². The molecule has 0 aliphatic carbocycles. The second-order valence-electron chi connectivity index (χ2n) is 12.5. The van der Waals surface area contributed by atoms with Crippen LogP contribution in [-0.2, 0) is 4.74 Å². The van der Waals surface area contributed by atoms with Crippen molar-refractivity contribution >= 4 is 40.5 Å². The Hall–Kier alpha value is -2.39. The minimum absolute atomic E-state index is 0.142. The zero-order valence-corrected chi connectivity index (χ0v) is 27.2. The van der Waals surface area contributed by atoms with Crippen LogP contribution in [0.15, 0.2) is 40.9 Å². The van der Waals surface area contributed by atoms with Crippen LogP contribution in [0.1, 0.15) is 83.8 Å². The van der Waals surface area contributed by atoms with Crippen molar-refractivity contribution in [2.24, 2.45) is 16.9 Å². The molecule has 0 fully saturated rings. The molecule has 2 heterocycles. The highest BCUT2D eigenvalue weighted by Crippen LogP contribution is 2.30. The number of nitrogens with zero attached hydrogens (tertiary/aromatic N) is 1. The maximum Gasteiger partial charge on any atom is 0.216 e. The summed E-state index contributed by atoms with van der Waals surface area (Å²) in [6.07, 6.45) is 8.93. The molecule has 0 radical (unpaired) electrons. The van der Waals surface area contributed by atoms with Crippen molar-refractivity contribution in [2.75, 3.05) is 13.2 Å². The summed E-state index contributed by atoms with van der Waals surface area (Å²) in [4.78, 5) is 4.48. The van der Waals surface area contributed by atoms with Crippen LogP contribution in [0.3, 0.4) is 0 Å². The third-order valence-electron chi connectivity index (χ3n) is 7.49. The van der Waals surface area contributed by atoms with Gasteiger partial charge in [-0.2, -0.15) is 0 Å². The maximum absolute atomic E-state index is 6.38. The van der Waals surface area contributed by atoms with Gasteiger partial charge in [0, 0.05) is 40.2 Å². The molecule has 8 heteroatoms. The standard InChI is InChI=1S/C33H47N3O3S2/c1-22-13-14-25(23(2)17-22)26-18-24-21-36-29(19-27(24)39-30(26)40)37-15-11-9-7-8-10-12-16-38-31(41)33(5,6)28(34)20-32(3,4)35/h13-14,17-19,21,28H,7-12,15-16,20,34-35H2,1-6H3. The smallest absolute Gasteiger partial charge is 0.216 e. The van der Waals surface area contributed by atoms with Gasteiger partial charge in [0.1, 0.15) is 5.58 Å². The number of aromatic nitrogens is 1. The van der Waals surface area contributed by atoms with E-state index in [-0.39, 0.29) is 11.6 Å². The van der Waals surface area contributed by atoms with Crippen LogP contribution in [0.2, 0.25) is 0 Å². The molecule has 3 rings (SSSR count). The summed E-state index contributed by atoms with van der Waals surface area (Å²) >= 11 is 11.1. The molecule has 1 aromatic carbocycles. The topological polar surface area (TPSA) is 96.5 Å². The predicted octanol–water partition coefficient (Wildman–Crippen LogP) is 8.39. The number of rotatable bonds is 15. The lowest BCUT2D eigenvalue weighted by molar-refractivity contribution is 0.227. The van der Waals surface area contributed by atoms with E-state index in [0.717, 1.165) is 55.0 Å². The van der Waals surface area contributed by atoms with Crippen molar-refractivity contribution in [3.05, 3.63) is 52.4 Å². The van der Waals surface area contributed by atoms with E-state index in [0.29, 0.717) is 40.9 Å². The maximum atomic E-state index is 6.38.